The normalized spacial score (nSPS) is 15.1. The second-order valence-electron chi connectivity index (χ2n) is 9.37. The van der Waals surface area contributed by atoms with E-state index in [1.54, 1.807) is 25.3 Å². The lowest BCUT2D eigenvalue weighted by molar-refractivity contribution is -0.137. The Labute approximate surface area is 224 Å². The second-order valence-corrected chi connectivity index (χ2v) is 9.37. The lowest BCUT2D eigenvalue weighted by Gasteiger charge is -2.32. The number of aromatic nitrogens is 2. The predicted molar refractivity (Wildman–Crippen MR) is 144 cm³/mol. The van der Waals surface area contributed by atoms with E-state index in [0.717, 1.165) is 55.6 Å². The highest BCUT2D eigenvalue weighted by Gasteiger charge is 2.35. The van der Waals surface area contributed by atoms with E-state index in [1.165, 1.54) is 0 Å². The van der Waals surface area contributed by atoms with Crippen molar-refractivity contribution in [3.63, 3.8) is 0 Å². The van der Waals surface area contributed by atoms with Crippen molar-refractivity contribution in [2.24, 2.45) is 0 Å². The molecule has 2 aliphatic heterocycles. The number of benzene rings is 2. The number of alkyl halides is 3. The molecule has 206 valence electrons. The van der Waals surface area contributed by atoms with E-state index in [0.29, 0.717) is 22.7 Å². The number of halogens is 3. The lowest BCUT2D eigenvalue weighted by Crippen LogP contribution is -2.43. The number of aryl methyl sites for hydroxylation is 1. The molecule has 0 saturated carbocycles. The van der Waals surface area contributed by atoms with E-state index in [-0.39, 0.29) is 30.6 Å². The maximum atomic E-state index is 13.8. The molecule has 3 heterocycles. The summed E-state index contributed by atoms with van der Waals surface area (Å²) in [6.07, 6.45) is -2.95. The van der Waals surface area contributed by atoms with Crippen LogP contribution in [-0.2, 0) is 30.4 Å². The van der Waals surface area contributed by atoms with Gasteiger partial charge >= 0.3 is 6.18 Å². The Bertz CT molecular complexity index is 1370. The minimum atomic E-state index is -4.66. The molecule has 0 unspecified atom stereocenters. The molecule has 4 N–H and O–H groups in total. The van der Waals surface area contributed by atoms with Crippen LogP contribution in [0.4, 0.5) is 42.0 Å². The van der Waals surface area contributed by atoms with Crippen LogP contribution in [0.25, 0.3) is 0 Å². The quantitative estimate of drug-likeness (QED) is 0.334. The van der Waals surface area contributed by atoms with Crippen molar-refractivity contribution < 1.29 is 22.7 Å². The summed E-state index contributed by atoms with van der Waals surface area (Å²) in [7, 11) is 1.55. The van der Waals surface area contributed by atoms with E-state index in [4.69, 9.17) is 4.74 Å². The topological polar surface area (TPSA) is 103 Å². The summed E-state index contributed by atoms with van der Waals surface area (Å²) in [4.78, 5) is 22.3. The Morgan fingerprint density at radius 3 is 2.67 bits per heavy atom. The van der Waals surface area contributed by atoms with E-state index in [2.05, 4.69) is 43.1 Å². The number of nitrogens with zero attached hydrogens (tertiary/aromatic N) is 3. The molecule has 0 atom stereocenters. The number of amides is 1. The minimum Gasteiger partial charge on any atom is -0.494 e. The number of methoxy groups -OCH3 is 1. The number of piperazine rings is 1. The van der Waals surface area contributed by atoms with Gasteiger partial charge in [0, 0.05) is 56.4 Å². The van der Waals surface area contributed by atoms with Crippen LogP contribution in [-0.4, -0.2) is 49.2 Å². The van der Waals surface area contributed by atoms with Gasteiger partial charge in [-0.15, -0.1) is 0 Å². The van der Waals surface area contributed by atoms with Crippen LogP contribution in [0.1, 0.15) is 29.2 Å². The molecule has 12 heteroatoms. The van der Waals surface area contributed by atoms with Crippen LogP contribution in [0.2, 0.25) is 0 Å². The highest BCUT2D eigenvalue weighted by Crippen LogP contribution is 2.38. The van der Waals surface area contributed by atoms with Crippen molar-refractivity contribution in [1.82, 2.24) is 15.3 Å². The number of hydrogen-bond donors (Lipinski definition) is 4. The maximum Gasteiger partial charge on any atom is 0.421 e. The first-order chi connectivity index (χ1) is 18.8. The smallest absolute Gasteiger partial charge is 0.421 e. The third-order valence-corrected chi connectivity index (χ3v) is 6.91. The van der Waals surface area contributed by atoms with E-state index in [9.17, 15) is 18.0 Å². The highest BCUT2D eigenvalue weighted by molar-refractivity contribution is 5.99. The molecule has 0 aliphatic carbocycles. The molecule has 0 radical (unpaired) electrons. The van der Waals surface area contributed by atoms with Gasteiger partial charge in [-0.3, -0.25) is 4.79 Å². The summed E-state index contributed by atoms with van der Waals surface area (Å²) < 4.78 is 47.1. The third kappa shape index (κ3) is 5.70. The number of carbonyl (C=O) groups is 1. The first kappa shape index (κ1) is 26.5. The van der Waals surface area contributed by atoms with Gasteiger partial charge in [-0.05, 0) is 35.2 Å². The maximum absolute atomic E-state index is 13.8. The van der Waals surface area contributed by atoms with Crippen LogP contribution in [0, 0.1) is 0 Å². The number of nitrogens with one attached hydrogen (secondary N) is 4. The Hall–Kier alpha value is -4.06. The number of fused-ring (bicyclic) bond motifs is 1. The molecule has 0 spiro atoms. The molecule has 1 fully saturated rings. The minimum absolute atomic E-state index is 0.00379. The Morgan fingerprint density at radius 1 is 1.15 bits per heavy atom. The molecule has 39 heavy (non-hydrogen) atoms. The van der Waals surface area contributed by atoms with Gasteiger partial charge in [0.05, 0.1) is 19.2 Å². The molecule has 9 nitrogen and oxygen atoms in total. The number of rotatable bonds is 8. The van der Waals surface area contributed by atoms with Gasteiger partial charge in [0.2, 0.25) is 11.9 Å². The number of anilines is 5. The third-order valence-electron chi connectivity index (χ3n) is 6.91. The molecule has 0 bridgehead atoms. The Balaban J connectivity index is 1.43. The zero-order valence-corrected chi connectivity index (χ0v) is 21.7. The highest BCUT2D eigenvalue weighted by atomic mass is 19.4. The molecule has 1 amide bonds. The molecule has 2 aromatic carbocycles. The summed E-state index contributed by atoms with van der Waals surface area (Å²) in [5.41, 5.74) is 3.87. The Kier molecular flexibility index (Phi) is 7.47. The van der Waals surface area contributed by atoms with E-state index >= 15 is 0 Å². The van der Waals surface area contributed by atoms with Gasteiger partial charge < -0.3 is 30.9 Å². The van der Waals surface area contributed by atoms with Gasteiger partial charge in [-0.2, -0.15) is 18.2 Å². The summed E-state index contributed by atoms with van der Waals surface area (Å²) >= 11 is 0. The molecule has 2 aliphatic rings. The van der Waals surface area contributed by atoms with Crippen molar-refractivity contribution in [2.45, 2.75) is 32.5 Å². The van der Waals surface area contributed by atoms with E-state index in [1.807, 2.05) is 12.1 Å². The average molecular weight is 542 g/mol. The Morgan fingerprint density at radius 2 is 1.95 bits per heavy atom. The fraction of sp³-hybridized carbons (Fsp3) is 0.370. The van der Waals surface area contributed by atoms with Crippen LogP contribution < -0.4 is 30.9 Å². The van der Waals surface area contributed by atoms with Gasteiger partial charge in [0.25, 0.3) is 0 Å². The molecule has 1 saturated heterocycles. The summed E-state index contributed by atoms with van der Waals surface area (Å²) in [6.45, 7) is 5.62. The van der Waals surface area contributed by atoms with Gasteiger partial charge in [0.15, 0.2) is 0 Å². The van der Waals surface area contributed by atoms with Gasteiger partial charge in [0.1, 0.15) is 17.1 Å². The molecular formula is C27H30F3N7O2. The van der Waals surface area contributed by atoms with Crippen LogP contribution in [0.15, 0.2) is 36.5 Å². The fourth-order valence-corrected chi connectivity index (χ4v) is 4.93. The van der Waals surface area contributed by atoms with Crippen molar-refractivity contribution in [2.75, 3.05) is 54.1 Å². The number of carbonyl (C=O) groups excluding carboxylic acids is 1. The largest absolute Gasteiger partial charge is 0.494 e. The van der Waals surface area contributed by atoms with Crippen molar-refractivity contribution >= 4 is 34.7 Å². The monoisotopic (exact) mass is 541 g/mol. The first-order valence-corrected chi connectivity index (χ1v) is 12.8. The van der Waals surface area contributed by atoms with Crippen LogP contribution in [0.3, 0.4) is 0 Å². The lowest BCUT2D eigenvalue weighted by atomic mass is 10.0. The van der Waals surface area contributed by atoms with Crippen LogP contribution >= 0.6 is 0 Å². The molecular weight excluding hydrogens is 511 g/mol. The SMILES string of the molecule is CCc1cc(Nc2ncc(C(F)(F)F)c(NCc3cccc4c3CC(=O)N4)n2)c(OC)cc1N1CCNCC1. The van der Waals surface area contributed by atoms with E-state index < -0.39 is 11.7 Å². The number of ether oxygens (including phenoxy) is 1. The number of hydrogen-bond acceptors (Lipinski definition) is 8. The summed E-state index contributed by atoms with van der Waals surface area (Å²) in [5.74, 6) is 0.0268. The van der Waals surface area contributed by atoms with Crippen molar-refractivity contribution in [1.29, 1.82) is 0 Å². The summed E-state index contributed by atoms with van der Waals surface area (Å²) in [6, 6.07) is 9.17. The molecule has 3 aromatic rings. The fourth-order valence-electron chi connectivity index (χ4n) is 4.93. The standard InChI is InChI=1S/C27H30F3N7O2/c1-3-16-11-21(23(39-2)13-22(16)37-9-7-31-8-10-37)35-26-33-15-19(27(28,29)30)25(36-26)32-14-17-5-4-6-20-18(17)12-24(38)34-20/h4-6,11,13,15,31H,3,7-10,12,14H2,1-2H3,(H,34,38)(H2,32,33,35,36). The van der Waals surface area contributed by atoms with Crippen molar-refractivity contribution in [3.8, 4) is 5.75 Å². The van der Waals surface area contributed by atoms with Gasteiger partial charge in [-0.25, -0.2) is 4.98 Å². The zero-order chi connectivity index (χ0) is 27.6. The average Bonchev–Trinajstić information content (AvgIpc) is 3.32. The second kappa shape index (κ2) is 11.0. The van der Waals surface area contributed by atoms with Crippen molar-refractivity contribution in [3.05, 3.63) is 58.8 Å². The van der Waals surface area contributed by atoms with Crippen LogP contribution in [0.5, 0.6) is 5.75 Å². The van der Waals surface area contributed by atoms with Gasteiger partial charge in [-0.1, -0.05) is 19.1 Å². The molecule has 1 aromatic heterocycles. The predicted octanol–water partition coefficient (Wildman–Crippen LogP) is 4.33. The summed E-state index contributed by atoms with van der Waals surface area (Å²) in [5, 5.41) is 12.0. The first-order valence-electron chi connectivity index (χ1n) is 12.8. The zero-order valence-electron chi connectivity index (χ0n) is 21.7. The molecule has 5 rings (SSSR count).